The second kappa shape index (κ2) is 3.74. The van der Waals surface area contributed by atoms with Gasteiger partial charge in [0.15, 0.2) is 11.5 Å². The highest BCUT2D eigenvalue weighted by Crippen LogP contribution is 2.34. The maximum Gasteiger partial charge on any atom is 0.297 e. The Hall–Kier alpha value is -2.64. The van der Waals surface area contributed by atoms with E-state index in [2.05, 4.69) is 25.9 Å². The van der Waals surface area contributed by atoms with Gasteiger partial charge >= 0.3 is 0 Å². The molecular weight excluding hydrogens is 226 g/mol. The van der Waals surface area contributed by atoms with Crippen molar-refractivity contribution in [3.63, 3.8) is 0 Å². The third-order valence-electron chi connectivity index (χ3n) is 2.18. The van der Waals surface area contributed by atoms with Crippen LogP contribution in [-0.2, 0) is 0 Å². The minimum Gasteiger partial charge on any atom is -0.454 e. The van der Waals surface area contributed by atoms with Crippen LogP contribution in [0.3, 0.4) is 0 Å². The summed E-state index contributed by atoms with van der Waals surface area (Å²) in [4.78, 5) is 11.6. The molecule has 2 aromatic rings. The van der Waals surface area contributed by atoms with Crippen molar-refractivity contribution in [1.82, 2.24) is 20.6 Å². The van der Waals surface area contributed by atoms with Crippen molar-refractivity contribution >= 4 is 11.6 Å². The Labute approximate surface area is 94.9 Å². The van der Waals surface area contributed by atoms with Gasteiger partial charge in [-0.2, -0.15) is 5.21 Å². The number of ether oxygens (including phenoxy) is 2. The van der Waals surface area contributed by atoms with Gasteiger partial charge in [0.2, 0.25) is 6.79 Å². The van der Waals surface area contributed by atoms with Gasteiger partial charge in [-0.3, -0.25) is 4.79 Å². The van der Waals surface area contributed by atoms with Crippen molar-refractivity contribution < 1.29 is 14.3 Å². The van der Waals surface area contributed by atoms with Crippen molar-refractivity contribution in [2.45, 2.75) is 0 Å². The zero-order valence-corrected chi connectivity index (χ0v) is 8.51. The van der Waals surface area contributed by atoms with E-state index in [-0.39, 0.29) is 12.6 Å². The number of hydrogen-bond donors (Lipinski definition) is 2. The minimum atomic E-state index is -0.447. The molecule has 0 bridgehead atoms. The van der Waals surface area contributed by atoms with Crippen LogP contribution in [0, 0.1) is 0 Å². The van der Waals surface area contributed by atoms with E-state index < -0.39 is 5.91 Å². The first-order chi connectivity index (χ1) is 8.33. The SMILES string of the molecule is O=C(Nc1ccc2c(c1)OCO2)c1nn[nH]n1. The summed E-state index contributed by atoms with van der Waals surface area (Å²) in [6.07, 6.45) is 0. The summed E-state index contributed by atoms with van der Waals surface area (Å²) in [5, 5.41) is 15.3. The molecule has 1 aromatic carbocycles. The first-order valence-electron chi connectivity index (χ1n) is 4.77. The molecule has 8 nitrogen and oxygen atoms in total. The summed E-state index contributed by atoms with van der Waals surface area (Å²) in [5.74, 6) is 0.777. The number of tetrazole rings is 1. The third kappa shape index (κ3) is 1.75. The van der Waals surface area contributed by atoms with Crippen LogP contribution in [0.25, 0.3) is 0 Å². The highest BCUT2D eigenvalue weighted by Gasteiger charge is 2.15. The van der Waals surface area contributed by atoms with Crippen LogP contribution in [0.15, 0.2) is 18.2 Å². The van der Waals surface area contributed by atoms with Crippen molar-refractivity contribution in [3.05, 3.63) is 24.0 Å². The van der Waals surface area contributed by atoms with Crippen molar-refractivity contribution in [1.29, 1.82) is 0 Å². The van der Waals surface area contributed by atoms with E-state index >= 15 is 0 Å². The van der Waals surface area contributed by atoms with Crippen molar-refractivity contribution in [2.24, 2.45) is 0 Å². The van der Waals surface area contributed by atoms with Gasteiger partial charge in [-0.1, -0.05) is 0 Å². The van der Waals surface area contributed by atoms with E-state index in [0.717, 1.165) is 0 Å². The lowest BCUT2D eigenvalue weighted by molar-refractivity contribution is 0.101. The number of hydrogen-bond acceptors (Lipinski definition) is 6. The molecule has 0 saturated carbocycles. The Bertz CT molecular complexity index is 554. The smallest absolute Gasteiger partial charge is 0.297 e. The number of carbonyl (C=O) groups excluding carboxylic acids is 1. The number of aromatic amines is 1. The largest absolute Gasteiger partial charge is 0.454 e. The van der Waals surface area contributed by atoms with Crippen LogP contribution < -0.4 is 14.8 Å². The molecule has 0 aliphatic carbocycles. The Morgan fingerprint density at radius 2 is 2.24 bits per heavy atom. The number of amides is 1. The molecule has 0 atom stereocenters. The molecular formula is C9H7N5O3. The average molecular weight is 233 g/mol. The summed E-state index contributed by atoms with van der Waals surface area (Å²) < 4.78 is 10.3. The number of nitrogens with zero attached hydrogens (tertiary/aromatic N) is 3. The van der Waals surface area contributed by atoms with E-state index in [9.17, 15) is 4.79 Å². The van der Waals surface area contributed by atoms with Crippen LogP contribution >= 0.6 is 0 Å². The predicted molar refractivity (Wildman–Crippen MR) is 54.7 cm³/mol. The Kier molecular flexibility index (Phi) is 2.11. The highest BCUT2D eigenvalue weighted by atomic mass is 16.7. The number of H-pyrrole nitrogens is 1. The lowest BCUT2D eigenvalue weighted by Crippen LogP contribution is -2.13. The molecule has 1 aliphatic rings. The minimum absolute atomic E-state index is 0.0253. The van der Waals surface area contributed by atoms with Crippen LogP contribution in [0.1, 0.15) is 10.6 Å². The monoisotopic (exact) mass is 233 g/mol. The number of benzene rings is 1. The van der Waals surface area contributed by atoms with Gasteiger partial charge in [0, 0.05) is 11.8 Å². The van der Waals surface area contributed by atoms with E-state index in [1.807, 2.05) is 0 Å². The topological polar surface area (TPSA) is 102 Å². The molecule has 1 aromatic heterocycles. The summed E-state index contributed by atoms with van der Waals surface area (Å²) in [6.45, 7) is 0.192. The van der Waals surface area contributed by atoms with E-state index in [4.69, 9.17) is 9.47 Å². The maximum absolute atomic E-state index is 11.6. The first kappa shape index (κ1) is 9.58. The van der Waals surface area contributed by atoms with Gasteiger partial charge in [0.05, 0.1) is 0 Å². The first-order valence-corrected chi connectivity index (χ1v) is 4.77. The summed E-state index contributed by atoms with van der Waals surface area (Å²) in [5.41, 5.74) is 0.573. The maximum atomic E-state index is 11.6. The molecule has 1 aliphatic heterocycles. The molecule has 8 heteroatoms. The number of carbonyl (C=O) groups is 1. The van der Waals surface area contributed by atoms with Crippen molar-refractivity contribution in [3.8, 4) is 11.5 Å². The number of aromatic nitrogens is 4. The summed E-state index contributed by atoms with van der Waals surface area (Å²) in [7, 11) is 0. The fourth-order valence-electron chi connectivity index (χ4n) is 1.42. The van der Waals surface area contributed by atoms with Crippen LogP contribution in [0.5, 0.6) is 11.5 Å². The molecule has 0 unspecified atom stereocenters. The van der Waals surface area contributed by atoms with Gasteiger partial charge in [-0.05, 0) is 17.3 Å². The molecule has 0 spiro atoms. The lowest BCUT2D eigenvalue weighted by atomic mass is 10.3. The van der Waals surface area contributed by atoms with Gasteiger partial charge in [-0.25, -0.2) is 0 Å². The quantitative estimate of drug-likeness (QED) is 0.767. The molecule has 0 saturated heterocycles. The van der Waals surface area contributed by atoms with Gasteiger partial charge in [0.25, 0.3) is 11.7 Å². The molecule has 3 rings (SSSR count). The van der Waals surface area contributed by atoms with Crippen LogP contribution in [0.2, 0.25) is 0 Å². The van der Waals surface area contributed by atoms with Gasteiger partial charge < -0.3 is 14.8 Å². The van der Waals surface area contributed by atoms with E-state index in [0.29, 0.717) is 17.2 Å². The van der Waals surface area contributed by atoms with E-state index in [1.165, 1.54) is 0 Å². The lowest BCUT2D eigenvalue weighted by Gasteiger charge is -2.03. The van der Waals surface area contributed by atoms with Gasteiger partial charge in [0.1, 0.15) is 0 Å². The Morgan fingerprint density at radius 3 is 3.06 bits per heavy atom. The second-order valence-electron chi connectivity index (χ2n) is 3.26. The average Bonchev–Trinajstić information content (AvgIpc) is 2.99. The van der Waals surface area contributed by atoms with Gasteiger partial charge in [-0.15, -0.1) is 10.2 Å². The number of nitrogens with one attached hydrogen (secondary N) is 2. The fourth-order valence-corrected chi connectivity index (χ4v) is 1.42. The molecule has 0 fully saturated rings. The predicted octanol–water partition coefficient (Wildman–Crippen LogP) is 0.181. The standard InChI is InChI=1S/C9H7N5O3/c15-9(8-11-13-14-12-8)10-5-1-2-6-7(3-5)17-4-16-6/h1-3H,4H2,(H,10,15)(H,11,12,13,14). The normalized spacial score (nSPS) is 12.5. The molecule has 2 N–H and O–H groups in total. The Balaban J connectivity index is 1.80. The second-order valence-corrected chi connectivity index (χ2v) is 3.26. The molecule has 17 heavy (non-hydrogen) atoms. The number of rotatable bonds is 2. The highest BCUT2D eigenvalue weighted by molar-refractivity contribution is 6.01. The summed E-state index contributed by atoms with van der Waals surface area (Å²) >= 11 is 0. The molecule has 1 amide bonds. The summed E-state index contributed by atoms with van der Waals surface area (Å²) in [6, 6.07) is 5.08. The van der Waals surface area contributed by atoms with Crippen molar-refractivity contribution in [2.75, 3.05) is 12.1 Å². The molecule has 0 radical (unpaired) electrons. The number of fused-ring (bicyclic) bond motifs is 1. The molecule has 86 valence electrons. The molecule has 2 heterocycles. The fraction of sp³-hybridized carbons (Fsp3) is 0.111. The van der Waals surface area contributed by atoms with Crippen LogP contribution in [-0.4, -0.2) is 33.3 Å². The Morgan fingerprint density at radius 1 is 1.35 bits per heavy atom. The third-order valence-corrected chi connectivity index (χ3v) is 2.18. The number of anilines is 1. The zero-order valence-electron chi connectivity index (χ0n) is 8.51. The van der Waals surface area contributed by atoms with E-state index in [1.54, 1.807) is 18.2 Å². The zero-order chi connectivity index (χ0) is 11.7. The van der Waals surface area contributed by atoms with Crippen LogP contribution in [0.4, 0.5) is 5.69 Å².